The smallest absolute Gasteiger partial charge is 0.102 e. The van der Waals surface area contributed by atoms with Crippen LogP contribution in [-0.2, 0) is 19.1 Å². The van der Waals surface area contributed by atoms with Crippen LogP contribution in [0.15, 0.2) is 42.7 Å². The summed E-state index contributed by atoms with van der Waals surface area (Å²) < 4.78 is 1.72. The molecule has 0 aliphatic heterocycles. The number of nitrogens with zero attached hydrogens (tertiary/aromatic N) is 2. The minimum absolute atomic E-state index is 0.373. The van der Waals surface area contributed by atoms with Gasteiger partial charge in [0.1, 0.15) is 5.60 Å². The highest BCUT2D eigenvalue weighted by Gasteiger charge is 2.26. The first-order valence-electron chi connectivity index (χ1n) is 8.37. The fourth-order valence-electron chi connectivity index (χ4n) is 2.77. The first-order chi connectivity index (χ1) is 10.9. The van der Waals surface area contributed by atoms with Crippen LogP contribution in [0.25, 0.3) is 0 Å². The minimum Gasteiger partial charge on any atom is -0.384 e. The summed E-state index contributed by atoms with van der Waals surface area (Å²) in [5.41, 5.74) is 1.30. The lowest BCUT2D eigenvalue weighted by molar-refractivity contribution is 0.0514. The molecule has 1 heterocycles. The number of aryl methyl sites for hydroxylation is 2. The number of rotatable bonds is 8. The molecule has 4 nitrogen and oxygen atoms in total. The number of nitrogens with one attached hydrogen (secondary N) is 1. The van der Waals surface area contributed by atoms with Gasteiger partial charge in [0.05, 0.1) is 6.20 Å². The largest absolute Gasteiger partial charge is 0.384 e. The summed E-state index contributed by atoms with van der Waals surface area (Å²) in [6.07, 6.45) is 5.71. The number of benzene rings is 1. The average molecular weight is 315 g/mol. The number of hydrogen-bond donors (Lipinski definition) is 2. The Morgan fingerprint density at radius 3 is 2.52 bits per heavy atom. The Hall–Kier alpha value is -1.65. The first-order valence-corrected chi connectivity index (χ1v) is 8.37. The Kier molecular flexibility index (Phi) is 5.97. The van der Waals surface area contributed by atoms with E-state index in [1.165, 1.54) is 5.56 Å². The van der Waals surface area contributed by atoms with Gasteiger partial charge in [-0.1, -0.05) is 44.2 Å². The zero-order valence-corrected chi connectivity index (χ0v) is 14.7. The molecule has 0 saturated carbocycles. The molecule has 0 spiro atoms. The Labute approximate surface area is 139 Å². The maximum atomic E-state index is 10.7. The Balaban J connectivity index is 1.91. The van der Waals surface area contributed by atoms with Gasteiger partial charge in [-0.05, 0) is 31.2 Å². The van der Waals surface area contributed by atoms with Crippen LogP contribution in [0.5, 0.6) is 0 Å². The van der Waals surface area contributed by atoms with Gasteiger partial charge in [-0.2, -0.15) is 5.10 Å². The number of hydrogen-bond acceptors (Lipinski definition) is 3. The molecule has 2 unspecified atom stereocenters. The van der Waals surface area contributed by atoms with E-state index in [2.05, 4.69) is 48.5 Å². The standard InChI is InChI=1S/C19H29N3O/c1-15(2)18(11-10-16-8-6-5-7-9-16)20-14-19(3,23)17-12-21-22(4)13-17/h5-9,12-13,15,18,20,23H,10-11,14H2,1-4H3. The molecule has 2 N–H and O–H groups in total. The minimum atomic E-state index is -0.909. The second kappa shape index (κ2) is 7.75. The van der Waals surface area contributed by atoms with Gasteiger partial charge in [-0.25, -0.2) is 0 Å². The van der Waals surface area contributed by atoms with Crippen molar-refractivity contribution in [2.75, 3.05) is 6.54 Å². The van der Waals surface area contributed by atoms with Crippen molar-refractivity contribution in [2.24, 2.45) is 13.0 Å². The molecule has 0 aliphatic carbocycles. The monoisotopic (exact) mass is 315 g/mol. The van der Waals surface area contributed by atoms with E-state index in [1.54, 1.807) is 10.9 Å². The molecule has 0 fully saturated rings. The zero-order valence-electron chi connectivity index (χ0n) is 14.7. The molecule has 2 atom stereocenters. The van der Waals surface area contributed by atoms with Crippen LogP contribution in [0.3, 0.4) is 0 Å². The summed E-state index contributed by atoms with van der Waals surface area (Å²) in [5.74, 6) is 0.517. The van der Waals surface area contributed by atoms with E-state index < -0.39 is 5.60 Å². The second-order valence-electron chi connectivity index (χ2n) is 6.93. The normalized spacial score (nSPS) is 15.6. The van der Waals surface area contributed by atoms with Crippen LogP contribution in [0.2, 0.25) is 0 Å². The molecular formula is C19H29N3O. The summed E-state index contributed by atoms with van der Waals surface area (Å²) >= 11 is 0. The number of aliphatic hydroxyl groups is 1. The van der Waals surface area contributed by atoms with Gasteiger partial charge in [0.25, 0.3) is 0 Å². The molecule has 2 rings (SSSR count). The third-order valence-corrected chi connectivity index (χ3v) is 4.43. The number of aromatic nitrogens is 2. The highest BCUT2D eigenvalue weighted by molar-refractivity contribution is 5.16. The van der Waals surface area contributed by atoms with E-state index in [4.69, 9.17) is 0 Å². The van der Waals surface area contributed by atoms with Crippen molar-refractivity contribution in [1.82, 2.24) is 15.1 Å². The summed E-state index contributed by atoms with van der Waals surface area (Å²) in [5, 5.41) is 18.4. The molecule has 0 amide bonds. The van der Waals surface area contributed by atoms with Crippen molar-refractivity contribution in [3.05, 3.63) is 53.9 Å². The lowest BCUT2D eigenvalue weighted by atomic mass is 9.94. The molecule has 1 aromatic carbocycles. The molecule has 0 radical (unpaired) electrons. The van der Waals surface area contributed by atoms with E-state index >= 15 is 0 Å². The molecule has 0 saturated heterocycles. The van der Waals surface area contributed by atoms with E-state index in [0.29, 0.717) is 18.5 Å². The summed E-state index contributed by atoms with van der Waals surface area (Å²) in [7, 11) is 1.86. The fraction of sp³-hybridized carbons (Fsp3) is 0.526. The maximum absolute atomic E-state index is 10.7. The molecule has 0 aliphatic rings. The quantitative estimate of drug-likeness (QED) is 0.787. The third-order valence-electron chi connectivity index (χ3n) is 4.43. The first kappa shape index (κ1) is 17.7. The van der Waals surface area contributed by atoms with Crippen molar-refractivity contribution >= 4 is 0 Å². The topological polar surface area (TPSA) is 50.1 Å². The fourth-order valence-corrected chi connectivity index (χ4v) is 2.77. The van der Waals surface area contributed by atoms with Gasteiger partial charge in [-0.15, -0.1) is 0 Å². The average Bonchev–Trinajstić information content (AvgIpc) is 2.95. The van der Waals surface area contributed by atoms with Crippen LogP contribution in [0.4, 0.5) is 0 Å². The SMILES string of the molecule is CC(C)C(CCc1ccccc1)NCC(C)(O)c1cnn(C)c1. The van der Waals surface area contributed by atoms with Gasteiger partial charge in [0.2, 0.25) is 0 Å². The van der Waals surface area contributed by atoms with Crippen LogP contribution < -0.4 is 5.32 Å². The molecular weight excluding hydrogens is 286 g/mol. The van der Waals surface area contributed by atoms with Gasteiger partial charge in [-0.3, -0.25) is 4.68 Å². The van der Waals surface area contributed by atoms with Crippen LogP contribution in [0.1, 0.15) is 38.3 Å². The maximum Gasteiger partial charge on any atom is 0.102 e. The van der Waals surface area contributed by atoms with E-state index in [1.807, 2.05) is 26.2 Å². The van der Waals surface area contributed by atoms with Crippen LogP contribution in [0, 0.1) is 5.92 Å². The molecule has 2 aromatic rings. The van der Waals surface area contributed by atoms with Gasteiger partial charge in [0, 0.05) is 31.4 Å². The van der Waals surface area contributed by atoms with Crippen molar-refractivity contribution in [1.29, 1.82) is 0 Å². The predicted octanol–water partition coefficient (Wildman–Crippen LogP) is 2.87. The van der Waals surface area contributed by atoms with Crippen molar-refractivity contribution in [2.45, 2.75) is 45.3 Å². The lowest BCUT2D eigenvalue weighted by Gasteiger charge is -2.28. The highest BCUT2D eigenvalue weighted by Crippen LogP contribution is 2.20. The molecule has 23 heavy (non-hydrogen) atoms. The van der Waals surface area contributed by atoms with E-state index in [0.717, 1.165) is 18.4 Å². The molecule has 1 aromatic heterocycles. The zero-order chi connectivity index (χ0) is 16.9. The Morgan fingerprint density at radius 1 is 1.26 bits per heavy atom. The molecule has 126 valence electrons. The summed E-state index contributed by atoms with van der Waals surface area (Å²) in [6.45, 7) is 6.81. The van der Waals surface area contributed by atoms with Gasteiger partial charge >= 0.3 is 0 Å². The van der Waals surface area contributed by atoms with E-state index in [-0.39, 0.29) is 0 Å². The van der Waals surface area contributed by atoms with Gasteiger partial charge < -0.3 is 10.4 Å². The highest BCUT2D eigenvalue weighted by atomic mass is 16.3. The molecule has 0 bridgehead atoms. The third kappa shape index (κ3) is 5.19. The van der Waals surface area contributed by atoms with Crippen LogP contribution >= 0.6 is 0 Å². The van der Waals surface area contributed by atoms with Gasteiger partial charge in [0.15, 0.2) is 0 Å². The Bertz CT molecular complexity index is 590. The lowest BCUT2D eigenvalue weighted by Crippen LogP contribution is -2.43. The molecule has 4 heteroatoms. The second-order valence-corrected chi connectivity index (χ2v) is 6.93. The van der Waals surface area contributed by atoms with Crippen molar-refractivity contribution < 1.29 is 5.11 Å². The predicted molar refractivity (Wildman–Crippen MR) is 94.2 cm³/mol. The van der Waals surface area contributed by atoms with Crippen LogP contribution in [-0.4, -0.2) is 27.5 Å². The Morgan fingerprint density at radius 2 is 1.96 bits per heavy atom. The van der Waals surface area contributed by atoms with Crippen molar-refractivity contribution in [3.8, 4) is 0 Å². The summed E-state index contributed by atoms with van der Waals surface area (Å²) in [6, 6.07) is 10.9. The van der Waals surface area contributed by atoms with Crippen molar-refractivity contribution in [3.63, 3.8) is 0 Å². The summed E-state index contributed by atoms with van der Waals surface area (Å²) in [4.78, 5) is 0. The van der Waals surface area contributed by atoms with E-state index in [9.17, 15) is 5.11 Å².